The molecule has 0 saturated carbocycles. The molecule has 0 radical (unpaired) electrons. The van der Waals surface area contributed by atoms with Crippen LogP contribution < -0.4 is 4.90 Å². The number of carbonyl (C=O) groups excluding carboxylic acids is 1. The SMILES string of the molecule is Cl.O=C(c1ccc(F)cc1)C1CCN(CCCN2c3ccccc3Sc3ccc(Cl)cc32)CC1. The molecule has 3 aromatic rings. The summed E-state index contributed by atoms with van der Waals surface area (Å²) in [6, 6.07) is 20.6. The predicted molar refractivity (Wildman–Crippen MR) is 141 cm³/mol. The number of hydrogen-bond acceptors (Lipinski definition) is 4. The summed E-state index contributed by atoms with van der Waals surface area (Å²) >= 11 is 8.12. The van der Waals surface area contributed by atoms with E-state index in [9.17, 15) is 9.18 Å². The molecule has 2 aliphatic rings. The normalized spacial score (nSPS) is 15.9. The zero-order valence-electron chi connectivity index (χ0n) is 18.8. The van der Waals surface area contributed by atoms with Gasteiger partial charge in [-0.25, -0.2) is 4.39 Å². The summed E-state index contributed by atoms with van der Waals surface area (Å²) in [4.78, 5) is 20.1. The average Bonchev–Trinajstić information content (AvgIpc) is 2.84. The number of benzene rings is 3. The Balaban J connectivity index is 0.00000274. The molecular weight excluding hydrogens is 490 g/mol. The van der Waals surface area contributed by atoms with Crippen molar-refractivity contribution >= 4 is 52.9 Å². The van der Waals surface area contributed by atoms with Gasteiger partial charge in [0.05, 0.1) is 11.4 Å². The fraction of sp³-hybridized carbons (Fsp3) is 0.296. The van der Waals surface area contributed by atoms with Crippen LogP contribution in [0.5, 0.6) is 0 Å². The Morgan fingerprint density at radius 1 is 0.941 bits per heavy atom. The van der Waals surface area contributed by atoms with Crippen molar-refractivity contribution in [3.63, 3.8) is 0 Å². The van der Waals surface area contributed by atoms with Crippen LogP contribution in [-0.2, 0) is 0 Å². The smallest absolute Gasteiger partial charge is 0.166 e. The van der Waals surface area contributed by atoms with E-state index < -0.39 is 0 Å². The van der Waals surface area contributed by atoms with Crippen LogP contribution in [0.15, 0.2) is 76.5 Å². The third-order valence-electron chi connectivity index (χ3n) is 6.53. The molecule has 0 amide bonds. The first-order valence-corrected chi connectivity index (χ1v) is 12.6. The number of carbonyl (C=O) groups is 1. The monoisotopic (exact) mass is 516 g/mol. The van der Waals surface area contributed by atoms with Crippen molar-refractivity contribution in [3.8, 4) is 0 Å². The van der Waals surface area contributed by atoms with E-state index in [0.29, 0.717) is 5.56 Å². The van der Waals surface area contributed by atoms with Crippen LogP contribution in [0.4, 0.5) is 15.8 Å². The lowest BCUT2D eigenvalue weighted by molar-refractivity contribution is 0.0840. The molecule has 7 heteroatoms. The van der Waals surface area contributed by atoms with Crippen LogP contribution >= 0.6 is 35.8 Å². The summed E-state index contributed by atoms with van der Waals surface area (Å²) in [5.41, 5.74) is 3.03. The number of Topliss-reactive ketones (excluding diaryl/α,β-unsaturated/α-hetero) is 1. The van der Waals surface area contributed by atoms with E-state index in [4.69, 9.17) is 11.6 Å². The van der Waals surface area contributed by atoms with Crippen molar-refractivity contribution in [2.75, 3.05) is 31.1 Å². The number of anilines is 2. The topological polar surface area (TPSA) is 23.6 Å². The maximum absolute atomic E-state index is 13.2. The zero-order chi connectivity index (χ0) is 22.8. The zero-order valence-corrected chi connectivity index (χ0v) is 21.1. The van der Waals surface area contributed by atoms with Gasteiger partial charge in [-0.05, 0) is 93.5 Å². The molecule has 0 atom stereocenters. The minimum atomic E-state index is -0.304. The minimum absolute atomic E-state index is 0. The van der Waals surface area contributed by atoms with Gasteiger partial charge in [0.1, 0.15) is 5.82 Å². The Hall–Kier alpha value is -2.05. The molecule has 0 bridgehead atoms. The molecule has 178 valence electrons. The largest absolute Gasteiger partial charge is 0.340 e. The molecule has 0 unspecified atom stereocenters. The second kappa shape index (κ2) is 11.1. The summed E-state index contributed by atoms with van der Waals surface area (Å²) in [6.45, 7) is 3.76. The molecule has 34 heavy (non-hydrogen) atoms. The van der Waals surface area contributed by atoms with Crippen molar-refractivity contribution < 1.29 is 9.18 Å². The van der Waals surface area contributed by atoms with Crippen LogP contribution in [0.3, 0.4) is 0 Å². The van der Waals surface area contributed by atoms with E-state index in [1.807, 2.05) is 6.07 Å². The van der Waals surface area contributed by atoms with Gasteiger partial charge in [-0.3, -0.25) is 4.79 Å². The molecule has 0 aliphatic carbocycles. The number of rotatable bonds is 6. The van der Waals surface area contributed by atoms with Gasteiger partial charge in [0.2, 0.25) is 0 Å². The quantitative estimate of drug-likeness (QED) is 0.316. The number of likely N-dealkylation sites (tertiary alicyclic amines) is 1. The molecule has 0 N–H and O–H groups in total. The first kappa shape index (κ1) is 25.1. The van der Waals surface area contributed by atoms with Gasteiger partial charge in [0, 0.05) is 32.8 Å². The summed E-state index contributed by atoms with van der Waals surface area (Å²) in [6.07, 6.45) is 2.75. The summed E-state index contributed by atoms with van der Waals surface area (Å²) in [5, 5.41) is 0.756. The standard InChI is InChI=1S/C27H26ClFN2OS.ClH/c28-21-8-11-26-24(18-21)31(23-4-1-2-5-25(23)33-26)15-3-14-30-16-12-20(13-17-30)27(32)19-6-9-22(29)10-7-19;/h1-2,4-11,18,20H,3,12-17H2;1H. The van der Waals surface area contributed by atoms with Gasteiger partial charge in [-0.15, -0.1) is 12.4 Å². The van der Waals surface area contributed by atoms with Crippen molar-refractivity contribution in [1.29, 1.82) is 0 Å². The molecule has 1 saturated heterocycles. The van der Waals surface area contributed by atoms with Gasteiger partial charge in [-0.2, -0.15) is 0 Å². The van der Waals surface area contributed by atoms with Crippen LogP contribution in [0.1, 0.15) is 29.6 Å². The molecule has 0 spiro atoms. The summed E-state index contributed by atoms with van der Waals surface area (Å²) in [7, 11) is 0. The highest BCUT2D eigenvalue weighted by atomic mass is 35.5. The fourth-order valence-electron chi connectivity index (χ4n) is 4.76. The lowest BCUT2D eigenvalue weighted by Crippen LogP contribution is -2.38. The second-order valence-corrected chi connectivity index (χ2v) is 10.2. The van der Waals surface area contributed by atoms with Crippen molar-refractivity contribution in [2.24, 2.45) is 5.92 Å². The van der Waals surface area contributed by atoms with Crippen LogP contribution in [-0.4, -0.2) is 36.9 Å². The summed E-state index contributed by atoms with van der Waals surface area (Å²) in [5.74, 6) is -0.126. The molecular formula is C27H27Cl2FN2OS. The number of nitrogens with zero attached hydrogens (tertiary/aromatic N) is 2. The van der Waals surface area contributed by atoms with E-state index in [1.165, 1.54) is 33.3 Å². The molecule has 2 heterocycles. The molecule has 2 aliphatic heterocycles. The molecule has 0 aromatic heterocycles. The maximum atomic E-state index is 13.2. The van der Waals surface area contributed by atoms with E-state index in [1.54, 1.807) is 23.9 Å². The third-order valence-corrected chi connectivity index (χ3v) is 7.90. The lowest BCUT2D eigenvalue weighted by Gasteiger charge is -2.35. The number of ketones is 1. The Kier molecular flexibility index (Phi) is 8.20. The highest BCUT2D eigenvalue weighted by molar-refractivity contribution is 7.99. The number of hydrogen-bond donors (Lipinski definition) is 0. The number of fused-ring (bicyclic) bond motifs is 2. The van der Waals surface area contributed by atoms with Gasteiger partial charge in [0.15, 0.2) is 5.78 Å². The molecule has 1 fully saturated rings. The molecule has 3 nitrogen and oxygen atoms in total. The predicted octanol–water partition coefficient (Wildman–Crippen LogP) is 7.49. The third kappa shape index (κ3) is 5.44. The lowest BCUT2D eigenvalue weighted by atomic mass is 9.89. The van der Waals surface area contributed by atoms with E-state index >= 15 is 0 Å². The minimum Gasteiger partial charge on any atom is -0.340 e. The van der Waals surface area contributed by atoms with Crippen LogP contribution in [0.2, 0.25) is 5.02 Å². The van der Waals surface area contributed by atoms with E-state index in [-0.39, 0.29) is 29.9 Å². The first-order valence-electron chi connectivity index (χ1n) is 11.4. The highest BCUT2D eigenvalue weighted by Gasteiger charge is 2.27. The van der Waals surface area contributed by atoms with Gasteiger partial charge in [-0.1, -0.05) is 35.5 Å². The average molecular weight is 517 g/mol. The first-order chi connectivity index (χ1) is 16.1. The van der Waals surface area contributed by atoms with Gasteiger partial charge < -0.3 is 9.80 Å². The van der Waals surface area contributed by atoms with E-state index in [2.05, 4.69) is 46.2 Å². The number of halogens is 3. The van der Waals surface area contributed by atoms with E-state index in [0.717, 1.165) is 50.5 Å². The van der Waals surface area contributed by atoms with Crippen molar-refractivity contribution in [3.05, 3.63) is 83.1 Å². The fourth-order valence-corrected chi connectivity index (χ4v) is 6.01. The maximum Gasteiger partial charge on any atom is 0.166 e. The molecule has 3 aromatic carbocycles. The highest BCUT2D eigenvalue weighted by Crippen LogP contribution is 2.48. The van der Waals surface area contributed by atoms with Gasteiger partial charge >= 0.3 is 0 Å². The van der Waals surface area contributed by atoms with Crippen LogP contribution in [0, 0.1) is 11.7 Å². The van der Waals surface area contributed by atoms with Crippen LogP contribution in [0.25, 0.3) is 0 Å². The number of para-hydroxylation sites is 1. The number of piperidine rings is 1. The van der Waals surface area contributed by atoms with Crippen molar-refractivity contribution in [2.45, 2.75) is 29.1 Å². The Labute approximate surface area is 215 Å². The second-order valence-electron chi connectivity index (χ2n) is 8.67. The summed E-state index contributed by atoms with van der Waals surface area (Å²) < 4.78 is 13.2. The Morgan fingerprint density at radius 2 is 1.65 bits per heavy atom. The Bertz CT molecular complexity index is 1150. The van der Waals surface area contributed by atoms with Crippen molar-refractivity contribution in [1.82, 2.24) is 4.90 Å². The Morgan fingerprint density at radius 3 is 2.41 bits per heavy atom. The van der Waals surface area contributed by atoms with Gasteiger partial charge in [0.25, 0.3) is 0 Å². The molecule has 5 rings (SSSR count).